The summed E-state index contributed by atoms with van der Waals surface area (Å²) in [6, 6.07) is 0. The molecule has 0 amide bonds. The van der Waals surface area contributed by atoms with Gasteiger partial charge in [-0.3, -0.25) is 4.99 Å². The Morgan fingerprint density at radius 3 is 3.00 bits per heavy atom. The van der Waals surface area contributed by atoms with Gasteiger partial charge in [0.25, 0.3) is 0 Å². The molecule has 0 unspecified atom stereocenters. The Labute approximate surface area is 56.5 Å². The van der Waals surface area contributed by atoms with Crippen LogP contribution in [-0.4, -0.2) is 23.0 Å². The summed E-state index contributed by atoms with van der Waals surface area (Å²) < 4.78 is 0. The van der Waals surface area contributed by atoms with Gasteiger partial charge in [-0.25, -0.2) is 4.79 Å². The van der Waals surface area contributed by atoms with E-state index in [0.717, 1.165) is 5.75 Å². The van der Waals surface area contributed by atoms with E-state index in [2.05, 4.69) is 4.99 Å². The van der Waals surface area contributed by atoms with E-state index in [4.69, 9.17) is 5.11 Å². The van der Waals surface area contributed by atoms with Crippen molar-refractivity contribution in [3.8, 4) is 0 Å². The van der Waals surface area contributed by atoms with Crippen LogP contribution in [0.2, 0.25) is 0 Å². The molecule has 0 aromatic rings. The molecule has 0 spiro atoms. The zero-order valence-corrected chi connectivity index (χ0v) is 5.39. The average Bonchev–Trinajstić information content (AvgIpc) is 1.90. The number of hydrogen-bond donors (Lipinski definition) is 1. The van der Waals surface area contributed by atoms with Crippen molar-refractivity contribution in [1.29, 1.82) is 0 Å². The molecule has 0 aromatic carbocycles. The molecule has 0 aromatic heterocycles. The van der Waals surface area contributed by atoms with Gasteiger partial charge in [-0.15, -0.1) is 11.8 Å². The summed E-state index contributed by atoms with van der Waals surface area (Å²) in [6.45, 7) is 0. The molecule has 1 rings (SSSR count). The number of aliphatic carboxylic acids is 1. The van der Waals surface area contributed by atoms with Gasteiger partial charge in [-0.05, 0) is 0 Å². The van der Waals surface area contributed by atoms with Crippen LogP contribution in [0, 0.1) is 0 Å². The first-order valence-electron chi connectivity index (χ1n) is 2.38. The first-order chi connectivity index (χ1) is 4.30. The van der Waals surface area contributed by atoms with Crippen molar-refractivity contribution in [2.75, 3.05) is 5.75 Å². The monoisotopic (exact) mass is 143 g/mol. The molecule has 1 heterocycles. The van der Waals surface area contributed by atoms with Gasteiger partial charge >= 0.3 is 5.97 Å². The Kier molecular flexibility index (Phi) is 1.89. The molecule has 9 heavy (non-hydrogen) atoms. The molecule has 48 valence electrons. The maximum Gasteiger partial charge on any atom is 0.355 e. The molecule has 0 saturated carbocycles. The van der Waals surface area contributed by atoms with Crippen LogP contribution in [0.25, 0.3) is 0 Å². The van der Waals surface area contributed by atoms with Gasteiger partial charge in [0.2, 0.25) is 0 Å². The zero-order valence-electron chi connectivity index (χ0n) is 4.57. The van der Waals surface area contributed by atoms with E-state index in [0.29, 0.717) is 0 Å². The fourth-order valence-corrected chi connectivity index (χ4v) is 1.02. The number of carbonyl (C=O) groups is 1. The summed E-state index contributed by atoms with van der Waals surface area (Å²) >= 11 is 1.44. The van der Waals surface area contributed by atoms with Gasteiger partial charge in [0.1, 0.15) is 0 Å². The molecule has 0 fully saturated rings. The number of carboxylic acids is 1. The molecular formula is C5H5NO2S. The van der Waals surface area contributed by atoms with Gasteiger partial charge in [0.15, 0.2) is 5.70 Å². The van der Waals surface area contributed by atoms with Crippen LogP contribution in [0.5, 0.6) is 0 Å². The summed E-state index contributed by atoms with van der Waals surface area (Å²) in [5.41, 5.74) is 0.131. The third-order valence-corrected chi connectivity index (χ3v) is 1.55. The summed E-state index contributed by atoms with van der Waals surface area (Å²) in [5, 5.41) is 9.89. The summed E-state index contributed by atoms with van der Waals surface area (Å²) in [6.07, 6.45) is 1.59. The van der Waals surface area contributed by atoms with Crippen molar-refractivity contribution in [3.63, 3.8) is 0 Å². The van der Waals surface area contributed by atoms with Crippen molar-refractivity contribution >= 4 is 23.9 Å². The second-order valence-electron chi connectivity index (χ2n) is 1.45. The van der Waals surface area contributed by atoms with Gasteiger partial charge in [-0.2, -0.15) is 0 Å². The van der Waals surface area contributed by atoms with E-state index >= 15 is 0 Å². The smallest absolute Gasteiger partial charge is 0.355 e. The molecule has 1 N–H and O–H groups in total. The second-order valence-corrected chi connectivity index (χ2v) is 2.36. The largest absolute Gasteiger partial charge is 0.476 e. The highest BCUT2D eigenvalue weighted by atomic mass is 32.2. The lowest BCUT2D eigenvalue weighted by molar-refractivity contribution is -0.132. The molecule has 1 aliphatic heterocycles. The maximum atomic E-state index is 10.2. The average molecular weight is 143 g/mol. The first-order valence-corrected chi connectivity index (χ1v) is 3.43. The summed E-state index contributed by atoms with van der Waals surface area (Å²) in [7, 11) is 0. The normalized spacial score (nSPS) is 17.1. The Morgan fingerprint density at radius 1 is 1.89 bits per heavy atom. The number of aliphatic imine (C=N–C) groups is 1. The van der Waals surface area contributed by atoms with E-state index in [1.807, 2.05) is 0 Å². The summed E-state index contributed by atoms with van der Waals surface area (Å²) in [5.74, 6) is -0.185. The Balaban J connectivity index is 2.69. The van der Waals surface area contributed by atoms with Crippen molar-refractivity contribution < 1.29 is 9.90 Å². The third-order valence-electron chi connectivity index (χ3n) is 0.815. The number of thioether (sulfide) groups is 1. The van der Waals surface area contributed by atoms with Crippen molar-refractivity contribution in [3.05, 3.63) is 11.1 Å². The number of hydrogen-bond acceptors (Lipinski definition) is 3. The standard InChI is InChI=1S/C5H5NO2S/c7-5(8)4-3-9-2-1-6-4/h1,3H,2H2,(H,7,8). The van der Waals surface area contributed by atoms with Crippen LogP contribution in [0.15, 0.2) is 16.1 Å². The molecule has 0 aliphatic carbocycles. The lowest BCUT2D eigenvalue weighted by Gasteiger charge is -1.98. The lowest BCUT2D eigenvalue weighted by Crippen LogP contribution is -2.00. The lowest BCUT2D eigenvalue weighted by atomic mass is 10.5. The molecule has 0 saturated heterocycles. The second kappa shape index (κ2) is 2.68. The van der Waals surface area contributed by atoms with Crippen LogP contribution < -0.4 is 0 Å². The quantitative estimate of drug-likeness (QED) is 0.588. The van der Waals surface area contributed by atoms with Crippen LogP contribution >= 0.6 is 11.8 Å². The van der Waals surface area contributed by atoms with Crippen LogP contribution in [-0.2, 0) is 4.79 Å². The Hall–Kier alpha value is -0.770. The Bertz CT molecular complexity index is 185. The van der Waals surface area contributed by atoms with E-state index < -0.39 is 5.97 Å². The molecule has 1 aliphatic rings. The first kappa shape index (κ1) is 6.35. The van der Waals surface area contributed by atoms with Crippen molar-refractivity contribution in [2.45, 2.75) is 0 Å². The molecule has 4 heteroatoms. The highest BCUT2D eigenvalue weighted by Gasteiger charge is 2.05. The fraction of sp³-hybridized carbons (Fsp3) is 0.200. The van der Waals surface area contributed by atoms with Crippen LogP contribution in [0.3, 0.4) is 0 Å². The van der Waals surface area contributed by atoms with E-state index in [-0.39, 0.29) is 5.70 Å². The van der Waals surface area contributed by atoms with E-state index in [1.165, 1.54) is 11.8 Å². The van der Waals surface area contributed by atoms with Gasteiger partial charge in [0, 0.05) is 17.4 Å². The van der Waals surface area contributed by atoms with Crippen LogP contribution in [0.4, 0.5) is 0 Å². The minimum atomic E-state index is -0.960. The third kappa shape index (κ3) is 1.57. The predicted octanol–water partition coefficient (Wildman–Crippen LogP) is 0.730. The molecule has 3 nitrogen and oxygen atoms in total. The number of nitrogens with zero attached hydrogens (tertiary/aromatic N) is 1. The van der Waals surface area contributed by atoms with Gasteiger partial charge in [0.05, 0.1) is 0 Å². The van der Waals surface area contributed by atoms with Gasteiger partial charge < -0.3 is 5.11 Å². The minimum absolute atomic E-state index is 0.131. The summed E-state index contributed by atoms with van der Waals surface area (Å²) in [4.78, 5) is 13.8. The zero-order chi connectivity index (χ0) is 6.69. The SMILES string of the molecule is O=C(O)C1=CSCC=N1. The fourth-order valence-electron chi connectivity index (χ4n) is 0.442. The van der Waals surface area contributed by atoms with Gasteiger partial charge in [-0.1, -0.05) is 0 Å². The topological polar surface area (TPSA) is 49.7 Å². The molecular weight excluding hydrogens is 138 g/mol. The van der Waals surface area contributed by atoms with Crippen molar-refractivity contribution in [2.24, 2.45) is 4.99 Å². The van der Waals surface area contributed by atoms with E-state index in [1.54, 1.807) is 11.6 Å². The number of rotatable bonds is 1. The molecule has 0 atom stereocenters. The van der Waals surface area contributed by atoms with Crippen molar-refractivity contribution in [1.82, 2.24) is 0 Å². The molecule has 0 bridgehead atoms. The minimum Gasteiger partial charge on any atom is -0.476 e. The molecule has 0 radical (unpaired) electrons. The highest BCUT2D eigenvalue weighted by molar-refractivity contribution is 8.02. The number of carboxylic acid groups (broad SMARTS) is 1. The highest BCUT2D eigenvalue weighted by Crippen LogP contribution is 2.11. The van der Waals surface area contributed by atoms with Crippen LogP contribution in [0.1, 0.15) is 0 Å². The Morgan fingerprint density at radius 2 is 2.67 bits per heavy atom. The predicted molar refractivity (Wildman–Crippen MR) is 36.7 cm³/mol. The van der Waals surface area contributed by atoms with E-state index in [9.17, 15) is 4.79 Å². The maximum absolute atomic E-state index is 10.2.